The summed E-state index contributed by atoms with van der Waals surface area (Å²) >= 11 is 0. The average molecular weight is 432 g/mol. The van der Waals surface area contributed by atoms with Crippen molar-refractivity contribution in [3.8, 4) is 0 Å². The molecule has 30 heavy (non-hydrogen) atoms. The molecule has 3 rings (SSSR count). The van der Waals surface area contributed by atoms with E-state index in [0.717, 1.165) is 30.4 Å². The second-order valence-electron chi connectivity index (χ2n) is 8.77. The van der Waals surface area contributed by atoms with Gasteiger partial charge in [-0.25, -0.2) is 9.32 Å². The van der Waals surface area contributed by atoms with E-state index in [1.165, 1.54) is 0 Å². The van der Waals surface area contributed by atoms with Gasteiger partial charge in [0.05, 0.1) is 5.41 Å². The number of rotatable bonds is 9. The Morgan fingerprint density at radius 3 is 2.43 bits per heavy atom. The second kappa shape index (κ2) is 8.77. The molecule has 2 aliphatic carbocycles. The predicted molar refractivity (Wildman–Crippen MR) is 119 cm³/mol. The molecule has 0 saturated heterocycles. The van der Waals surface area contributed by atoms with Crippen molar-refractivity contribution in [3.63, 3.8) is 0 Å². The van der Waals surface area contributed by atoms with Crippen molar-refractivity contribution in [3.05, 3.63) is 59.7 Å². The van der Waals surface area contributed by atoms with Gasteiger partial charge >= 0.3 is 10.3 Å². The molecular weight excluding hydrogens is 398 g/mol. The van der Waals surface area contributed by atoms with Crippen LogP contribution in [0, 0.1) is 23.2 Å². The maximum Gasteiger partial charge on any atom is 0.333 e. The van der Waals surface area contributed by atoms with Crippen molar-refractivity contribution in [2.45, 2.75) is 59.0 Å². The van der Waals surface area contributed by atoms with Crippen LogP contribution in [0.1, 0.15) is 58.4 Å². The van der Waals surface area contributed by atoms with Crippen molar-refractivity contribution in [1.29, 1.82) is 0 Å². The van der Waals surface area contributed by atoms with Gasteiger partial charge in [-0.2, -0.15) is 8.42 Å². The van der Waals surface area contributed by atoms with Gasteiger partial charge in [0, 0.05) is 5.92 Å². The maximum absolute atomic E-state index is 14.0. The Bertz CT molecular complexity index is 937. The van der Waals surface area contributed by atoms with Crippen LogP contribution < -0.4 is 5.14 Å². The van der Waals surface area contributed by atoms with Crippen LogP contribution in [0.15, 0.2) is 54.1 Å². The third kappa shape index (κ3) is 4.32. The number of carbonyl (C=O) groups is 1. The van der Waals surface area contributed by atoms with E-state index in [1.807, 2.05) is 76.3 Å². The highest BCUT2D eigenvalue weighted by Gasteiger charge is 2.58. The molecule has 6 heteroatoms. The minimum atomic E-state index is -4.24. The van der Waals surface area contributed by atoms with Gasteiger partial charge in [-0.1, -0.05) is 82.7 Å². The third-order valence-electron chi connectivity index (χ3n) is 7.02. The number of benzene rings is 1. The third-order valence-corrected chi connectivity index (χ3v) is 7.48. The first-order valence-electron chi connectivity index (χ1n) is 10.8. The van der Waals surface area contributed by atoms with Gasteiger partial charge in [0.15, 0.2) is 0 Å². The lowest BCUT2D eigenvalue weighted by molar-refractivity contribution is -0.134. The molecule has 1 fully saturated rings. The Hall–Kier alpha value is -1.76. The first-order chi connectivity index (χ1) is 14.2. The number of hydrogen-bond donors (Lipinski definition) is 1. The summed E-state index contributed by atoms with van der Waals surface area (Å²) in [5.41, 5.74) is 0.916. The molecule has 0 spiro atoms. The standard InChI is InChI=1S/C24H33NO4S/c1-5-16(3)19-13-10-14-24(17(4)6-2,23(19)29-30(25,27)28)22(26)21-15-20(21)18-11-8-7-9-12-18/h7-14,16-17,20-21,23H,5-6,15H2,1-4H3,(H2,25,27,28)/t16?,17?,20?,21?,23-,24-/m1/s1. The van der Waals surface area contributed by atoms with Gasteiger partial charge in [0.1, 0.15) is 11.9 Å². The van der Waals surface area contributed by atoms with Crippen molar-refractivity contribution in [2.75, 3.05) is 0 Å². The second-order valence-corrected chi connectivity index (χ2v) is 9.95. The monoisotopic (exact) mass is 431 g/mol. The summed E-state index contributed by atoms with van der Waals surface area (Å²) in [5.74, 6) is 0.0550. The quantitative estimate of drug-likeness (QED) is 0.623. The molecule has 1 saturated carbocycles. The van der Waals surface area contributed by atoms with Crippen LogP contribution in [0.4, 0.5) is 0 Å². The van der Waals surface area contributed by atoms with Crippen LogP contribution in [0.2, 0.25) is 0 Å². The molecule has 1 aromatic carbocycles. The summed E-state index contributed by atoms with van der Waals surface area (Å²) < 4.78 is 29.6. The lowest BCUT2D eigenvalue weighted by Crippen LogP contribution is -2.52. The van der Waals surface area contributed by atoms with Crippen molar-refractivity contribution < 1.29 is 17.4 Å². The van der Waals surface area contributed by atoms with E-state index in [1.54, 1.807) is 0 Å². The molecule has 0 heterocycles. The number of carbonyl (C=O) groups excluding carboxylic acids is 1. The molecule has 0 aromatic heterocycles. The van der Waals surface area contributed by atoms with Gasteiger partial charge in [-0.3, -0.25) is 4.79 Å². The average Bonchev–Trinajstić information content (AvgIpc) is 3.52. The maximum atomic E-state index is 14.0. The summed E-state index contributed by atoms with van der Waals surface area (Å²) in [6.45, 7) is 8.09. The highest BCUT2D eigenvalue weighted by atomic mass is 32.2. The fourth-order valence-electron chi connectivity index (χ4n) is 4.79. The lowest BCUT2D eigenvalue weighted by Gasteiger charge is -2.44. The SMILES string of the molecule is CCC(C)C1=CC=C[C@](C(=O)C2CC2c2ccccc2)(C(C)CC)[C@@H]1OS(N)(=O)=O. The first kappa shape index (κ1) is 22.9. The fraction of sp³-hybridized carbons (Fsp3) is 0.542. The van der Waals surface area contributed by atoms with Crippen LogP contribution >= 0.6 is 0 Å². The number of allylic oxidation sites excluding steroid dienone is 2. The summed E-state index contributed by atoms with van der Waals surface area (Å²) in [4.78, 5) is 14.0. The van der Waals surface area contributed by atoms with Crippen LogP contribution in [-0.4, -0.2) is 20.3 Å². The van der Waals surface area contributed by atoms with Gasteiger partial charge in [0.25, 0.3) is 0 Å². The van der Waals surface area contributed by atoms with E-state index >= 15 is 0 Å². The minimum absolute atomic E-state index is 0.0597. The zero-order chi connectivity index (χ0) is 22.1. The summed E-state index contributed by atoms with van der Waals surface area (Å²) in [7, 11) is -4.24. The van der Waals surface area contributed by atoms with E-state index in [9.17, 15) is 13.2 Å². The minimum Gasteiger partial charge on any atom is -0.298 e. The molecule has 5 nitrogen and oxygen atoms in total. The molecule has 4 unspecified atom stereocenters. The van der Waals surface area contributed by atoms with Gasteiger partial charge in [-0.15, -0.1) is 0 Å². The molecule has 2 aliphatic rings. The normalized spacial score (nSPS) is 30.4. The Morgan fingerprint density at radius 2 is 1.87 bits per heavy atom. The number of Topliss-reactive ketones (excluding diaryl/α,β-unsaturated/α-hetero) is 1. The van der Waals surface area contributed by atoms with Crippen LogP contribution in [0.3, 0.4) is 0 Å². The molecule has 164 valence electrons. The molecule has 0 bridgehead atoms. The van der Waals surface area contributed by atoms with Crippen molar-refractivity contribution >= 4 is 16.1 Å². The number of hydrogen-bond acceptors (Lipinski definition) is 4. The zero-order valence-electron chi connectivity index (χ0n) is 18.2. The highest BCUT2D eigenvalue weighted by Crippen LogP contribution is 2.56. The van der Waals surface area contributed by atoms with Gasteiger partial charge < -0.3 is 0 Å². The summed E-state index contributed by atoms with van der Waals surface area (Å²) in [5, 5.41) is 5.33. The molecule has 1 aromatic rings. The largest absolute Gasteiger partial charge is 0.333 e. The predicted octanol–water partition coefficient (Wildman–Crippen LogP) is 4.52. The van der Waals surface area contributed by atoms with Gasteiger partial charge in [0.2, 0.25) is 0 Å². The molecule has 0 amide bonds. The van der Waals surface area contributed by atoms with E-state index < -0.39 is 21.8 Å². The first-order valence-corrected chi connectivity index (χ1v) is 12.3. The summed E-state index contributed by atoms with van der Waals surface area (Å²) in [6.07, 6.45) is 7.05. The molecular formula is C24H33NO4S. The Kier molecular flexibility index (Phi) is 6.70. The lowest BCUT2D eigenvalue weighted by atomic mass is 9.61. The van der Waals surface area contributed by atoms with Crippen LogP contribution in [0.5, 0.6) is 0 Å². The van der Waals surface area contributed by atoms with E-state index in [2.05, 4.69) is 0 Å². The zero-order valence-corrected chi connectivity index (χ0v) is 19.1. The smallest absolute Gasteiger partial charge is 0.298 e. The fourth-order valence-corrected chi connectivity index (χ4v) is 5.32. The summed E-state index contributed by atoms with van der Waals surface area (Å²) in [6, 6.07) is 10.0. The van der Waals surface area contributed by atoms with E-state index in [0.29, 0.717) is 0 Å². The van der Waals surface area contributed by atoms with Crippen LogP contribution in [0.25, 0.3) is 0 Å². The van der Waals surface area contributed by atoms with Crippen molar-refractivity contribution in [2.24, 2.45) is 28.3 Å². The number of nitrogens with two attached hydrogens (primary N) is 1. The Labute approximate surface area is 180 Å². The molecule has 2 N–H and O–H groups in total. The Morgan fingerprint density at radius 1 is 1.20 bits per heavy atom. The van der Waals surface area contributed by atoms with E-state index in [4.69, 9.17) is 9.32 Å². The Balaban J connectivity index is 2.05. The van der Waals surface area contributed by atoms with E-state index in [-0.39, 0.29) is 29.5 Å². The molecule has 6 atom stereocenters. The van der Waals surface area contributed by atoms with Gasteiger partial charge in [-0.05, 0) is 41.7 Å². The molecule has 0 aliphatic heterocycles. The van der Waals surface area contributed by atoms with Crippen LogP contribution in [-0.2, 0) is 19.3 Å². The molecule has 0 radical (unpaired) electrons. The topological polar surface area (TPSA) is 86.5 Å². The van der Waals surface area contributed by atoms with Crippen molar-refractivity contribution in [1.82, 2.24) is 0 Å². The number of ketones is 1. The highest BCUT2D eigenvalue weighted by molar-refractivity contribution is 7.84.